The summed E-state index contributed by atoms with van der Waals surface area (Å²) in [7, 11) is 0. The molecule has 2 aromatic carbocycles. The number of benzene rings is 2. The maximum atomic E-state index is 11.1. The van der Waals surface area contributed by atoms with Gasteiger partial charge in [-0.2, -0.15) is 0 Å². The maximum absolute atomic E-state index is 11.1. The van der Waals surface area contributed by atoms with Crippen molar-refractivity contribution in [3.8, 4) is 0 Å². The molecule has 0 radical (unpaired) electrons. The van der Waals surface area contributed by atoms with Crippen molar-refractivity contribution in [1.82, 2.24) is 9.55 Å². The second-order valence-electron chi connectivity index (χ2n) is 5.25. The number of hydrogen-bond donors (Lipinski definition) is 1. The predicted octanol–water partition coefficient (Wildman–Crippen LogP) is 3.87. The van der Waals surface area contributed by atoms with Crippen molar-refractivity contribution in [2.45, 2.75) is 13.0 Å². The lowest BCUT2D eigenvalue weighted by molar-refractivity contribution is 0.0696. The summed E-state index contributed by atoms with van der Waals surface area (Å²) >= 11 is 6.21. The number of halogens is 1. The highest BCUT2D eigenvalue weighted by Gasteiger charge is 2.09. The Morgan fingerprint density at radius 3 is 2.78 bits per heavy atom. The molecule has 116 valence electrons. The molecule has 0 bridgehead atoms. The third kappa shape index (κ3) is 3.60. The fourth-order valence-corrected chi connectivity index (χ4v) is 2.67. The van der Waals surface area contributed by atoms with Gasteiger partial charge in [0.05, 0.1) is 5.56 Å². The molecule has 1 N–H and O–H groups in total. The zero-order valence-electron chi connectivity index (χ0n) is 12.3. The molecule has 0 unspecified atom stereocenters. The van der Waals surface area contributed by atoms with Gasteiger partial charge in [0, 0.05) is 30.4 Å². The lowest BCUT2D eigenvalue weighted by Crippen LogP contribution is -2.06. The largest absolute Gasteiger partial charge is 0.478 e. The quantitative estimate of drug-likeness (QED) is 0.774. The van der Waals surface area contributed by atoms with Gasteiger partial charge in [0.1, 0.15) is 5.82 Å². The fourth-order valence-electron chi connectivity index (χ4n) is 2.46. The van der Waals surface area contributed by atoms with E-state index in [-0.39, 0.29) is 5.56 Å². The van der Waals surface area contributed by atoms with E-state index in [1.165, 1.54) is 0 Å². The first-order chi connectivity index (χ1) is 11.1. The molecule has 4 nitrogen and oxygen atoms in total. The van der Waals surface area contributed by atoms with Crippen LogP contribution in [0.3, 0.4) is 0 Å². The standard InChI is InChI=1S/C18H15ClN2O2/c19-16-7-2-1-5-14(16)11-17-20-8-9-21(17)12-13-4-3-6-15(10-13)18(22)23/h1-10H,11-12H2,(H,22,23). The van der Waals surface area contributed by atoms with Crippen LogP contribution in [0.2, 0.25) is 5.02 Å². The molecule has 0 aliphatic carbocycles. The van der Waals surface area contributed by atoms with Crippen LogP contribution in [0.5, 0.6) is 0 Å². The highest BCUT2D eigenvalue weighted by Crippen LogP contribution is 2.19. The van der Waals surface area contributed by atoms with Crippen LogP contribution in [0.15, 0.2) is 60.9 Å². The number of aromatic carboxylic acids is 1. The Hall–Kier alpha value is -2.59. The summed E-state index contributed by atoms with van der Waals surface area (Å²) in [5, 5.41) is 9.80. The molecule has 0 atom stereocenters. The van der Waals surface area contributed by atoms with E-state index in [1.54, 1.807) is 24.4 Å². The third-order valence-electron chi connectivity index (χ3n) is 3.63. The molecular formula is C18H15ClN2O2. The molecule has 0 aliphatic rings. The summed E-state index contributed by atoms with van der Waals surface area (Å²) in [6, 6.07) is 14.6. The van der Waals surface area contributed by atoms with E-state index in [4.69, 9.17) is 16.7 Å². The smallest absolute Gasteiger partial charge is 0.335 e. The molecule has 1 aromatic heterocycles. The highest BCUT2D eigenvalue weighted by molar-refractivity contribution is 6.31. The lowest BCUT2D eigenvalue weighted by atomic mass is 10.1. The van der Waals surface area contributed by atoms with E-state index in [0.29, 0.717) is 13.0 Å². The molecule has 1 heterocycles. The first kappa shape index (κ1) is 15.3. The van der Waals surface area contributed by atoms with Crippen LogP contribution in [0, 0.1) is 0 Å². The Labute approximate surface area is 139 Å². The minimum Gasteiger partial charge on any atom is -0.478 e. The van der Waals surface area contributed by atoms with Crippen LogP contribution in [0.25, 0.3) is 0 Å². The van der Waals surface area contributed by atoms with E-state index in [9.17, 15) is 4.79 Å². The van der Waals surface area contributed by atoms with Gasteiger partial charge in [0.15, 0.2) is 0 Å². The second kappa shape index (κ2) is 6.67. The zero-order chi connectivity index (χ0) is 16.2. The molecule has 0 spiro atoms. The average molecular weight is 327 g/mol. The molecule has 0 aliphatic heterocycles. The first-order valence-electron chi connectivity index (χ1n) is 7.19. The molecule has 0 saturated carbocycles. The minimum absolute atomic E-state index is 0.287. The van der Waals surface area contributed by atoms with Crippen molar-refractivity contribution in [3.05, 3.63) is 88.5 Å². The van der Waals surface area contributed by atoms with Gasteiger partial charge >= 0.3 is 5.97 Å². The van der Waals surface area contributed by atoms with Gasteiger partial charge in [0.2, 0.25) is 0 Å². The van der Waals surface area contributed by atoms with Crippen LogP contribution in [0.1, 0.15) is 27.3 Å². The molecule has 0 saturated heterocycles. The number of rotatable bonds is 5. The Balaban J connectivity index is 1.83. The van der Waals surface area contributed by atoms with Crippen LogP contribution < -0.4 is 0 Å². The van der Waals surface area contributed by atoms with Crippen molar-refractivity contribution in [2.75, 3.05) is 0 Å². The number of aromatic nitrogens is 2. The van der Waals surface area contributed by atoms with Crippen LogP contribution in [-0.4, -0.2) is 20.6 Å². The van der Waals surface area contributed by atoms with Crippen molar-refractivity contribution >= 4 is 17.6 Å². The van der Waals surface area contributed by atoms with Gasteiger partial charge in [-0.05, 0) is 29.3 Å². The van der Waals surface area contributed by atoms with Crippen LogP contribution in [0.4, 0.5) is 0 Å². The Bertz CT molecular complexity index is 842. The number of carboxylic acid groups (broad SMARTS) is 1. The Kier molecular flexibility index (Phi) is 4.44. The van der Waals surface area contributed by atoms with Crippen molar-refractivity contribution in [3.63, 3.8) is 0 Å². The summed E-state index contributed by atoms with van der Waals surface area (Å²) in [5.41, 5.74) is 2.22. The summed E-state index contributed by atoms with van der Waals surface area (Å²) in [6.45, 7) is 0.570. The van der Waals surface area contributed by atoms with Gasteiger partial charge < -0.3 is 9.67 Å². The topological polar surface area (TPSA) is 55.1 Å². The Morgan fingerprint density at radius 2 is 2.00 bits per heavy atom. The summed E-state index contributed by atoms with van der Waals surface area (Å²) in [5.74, 6) is -0.0346. The first-order valence-corrected chi connectivity index (χ1v) is 7.57. The van der Waals surface area contributed by atoms with Crippen LogP contribution in [-0.2, 0) is 13.0 Å². The van der Waals surface area contributed by atoms with E-state index in [2.05, 4.69) is 4.98 Å². The molecule has 3 aromatic rings. The zero-order valence-corrected chi connectivity index (χ0v) is 13.1. The summed E-state index contributed by atoms with van der Waals surface area (Å²) < 4.78 is 2.00. The summed E-state index contributed by atoms with van der Waals surface area (Å²) in [6.07, 6.45) is 4.26. The highest BCUT2D eigenvalue weighted by atomic mass is 35.5. The van der Waals surface area contributed by atoms with Crippen molar-refractivity contribution in [1.29, 1.82) is 0 Å². The number of carboxylic acids is 1. The van der Waals surface area contributed by atoms with Gasteiger partial charge in [-0.15, -0.1) is 0 Å². The Morgan fingerprint density at radius 1 is 1.17 bits per heavy atom. The number of nitrogens with zero attached hydrogens (tertiary/aromatic N) is 2. The molecule has 3 rings (SSSR count). The van der Waals surface area contributed by atoms with Crippen molar-refractivity contribution in [2.24, 2.45) is 0 Å². The molecule has 0 amide bonds. The van der Waals surface area contributed by atoms with Gasteiger partial charge in [-0.3, -0.25) is 0 Å². The van der Waals surface area contributed by atoms with Crippen molar-refractivity contribution < 1.29 is 9.90 Å². The SMILES string of the molecule is O=C(O)c1cccc(Cn2ccnc2Cc2ccccc2Cl)c1. The third-order valence-corrected chi connectivity index (χ3v) is 4.00. The lowest BCUT2D eigenvalue weighted by Gasteiger charge is -2.09. The normalized spacial score (nSPS) is 10.7. The van der Waals surface area contributed by atoms with Crippen LogP contribution >= 0.6 is 11.6 Å². The summed E-state index contributed by atoms with van der Waals surface area (Å²) in [4.78, 5) is 15.5. The van der Waals surface area contributed by atoms with E-state index < -0.39 is 5.97 Å². The minimum atomic E-state index is -0.922. The second-order valence-corrected chi connectivity index (χ2v) is 5.65. The molecule has 23 heavy (non-hydrogen) atoms. The molecular weight excluding hydrogens is 312 g/mol. The predicted molar refractivity (Wildman–Crippen MR) is 89.0 cm³/mol. The van der Waals surface area contributed by atoms with E-state index in [1.807, 2.05) is 41.1 Å². The van der Waals surface area contributed by atoms with Gasteiger partial charge in [-0.25, -0.2) is 9.78 Å². The average Bonchev–Trinajstić information content (AvgIpc) is 2.97. The number of carbonyl (C=O) groups is 1. The van der Waals surface area contributed by atoms with E-state index >= 15 is 0 Å². The van der Waals surface area contributed by atoms with Gasteiger partial charge in [0.25, 0.3) is 0 Å². The fraction of sp³-hybridized carbons (Fsp3) is 0.111. The molecule has 0 fully saturated rings. The number of imidazole rings is 1. The maximum Gasteiger partial charge on any atom is 0.335 e. The molecule has 5 heteroatoms. The van der Waals surface area contributed by atoms with Gasteiger partial charge in [-0.1, -0.05) is 41.9 Å². The monoisotopic (exact) mass is 326 g/mol. The van der Waals surface area contributed by atoms with E-state index in [0.717, 1.165) is 22.0 Å². The number of hydrogen-bond acceptors (Lipinski definition) is 2.